The Morgan fingerprint density at radius 1 is 1.16 bits per heavy atom. The Labute approximate surface area is 153 Å². The van der Waals surface area contributed by atoms with Gasteiger partial charge in [0.25, 0.3) is 0 Å². The van der Waals surface area contributed by atoms with Gasteiger partial charge in [0.05, 0.1) is 19.6 Å². The second kappa shape index (κ2) is 6.08. The highest BCUT2D eigenvalue weighted by Crippen LogP contribution is 2.64. The standard InChI is InChI=1S/C20H25ClO4/c1-23-16-3-4-17(24-2)15(6-16)11-25-18(22)19-7-13-5-14(8-19)10-20(21,9-13)12-19/h3-4,6,13-14H,5,7-12H2,1-2H3/t13-,14+,19?,20?. The van der Waals surface area contributed by atoms with Crippen LogP contribution in [-0.2, 0) is 16.1 Å². The molecule has 0 aromatic heterocycles. The van der Waals surface area contributed by atoms with Gasteiger partial charge in [0.2, 0.25) is 0 Å². The van der Waals surface area contributed by atoms with Crippen LogP contribution in [0.25, 0.3) is 0 Å². The molecule has 25 heavy (non-hydrogen) atoms. The average Bonchev–Trinajstić information content (AvgIpc) is 2.57. The van der Waals surface area contributed by atoms with Crippen molar-refractivity contribution in [3.05, 3.63) is 23.8 Å². The largest absolute Gasteiger partial charge is 0.497 e. The lowest BCUT2D eigenvalue weighted by Crippen LogP contribution is -2.56. The SMILES string of the molecule is COc1ccc(OC)c(COC(=O)C23C[C@@H]4C[C@@H](CC(Cl)(C4)C2)C3)c1. The van der Waals surface area contributed by atoms with E-state index in [4.69, 9.17) is 25.8 Å². The van der Waals surface area contributed by atoms with Crippen LogP contribution in [0, 0.1) is 17.3 Å². The van der Waals surface area contributed by atoms with E-state index in [1.807, 2.05) is 18.2 Å². The predicted molar refractivity (Wildman–Crippen MR) is 95.0 cm³/mol. The number of hydrogen-bond acceptors (Lipinski definition) is 4. The van der Waals surface area contributed by atoms with Gasteiger partial charge in [-0.1, -0.05) is 0 Å². The zero-order chi connectivity index (χ0) is 17.7. The Bertz CT molecular complexity index is 672. The molecular formula is C20H25ClO4. The molecule has 0 heterocycles. The van der Waals surface area contributed by atoms with Crippen LogP contribution >= 0.6 is 11.6 Å². The summed E-state index contributed by atoms with van der Waals surface area (Å²) in [4.78, 5) is 12.8. The van der Waals surface area contributed by atoms with Gasteiger partial charge in [-0.15, -0.1) is 11.6 Å². The number of esters is 1. The minimum absolute atomic E-state index is 0.0866. The number of alkyl halides is 1. The number of benzene rings is 1. The van der Waals surface area contributed by atoms with E-state index in [0.29, 0.717) is 17.6 Å². The van der Waals surface area contributed by atoms with Crippen molar-refractivity contribution in [2.45, 2.75) is 50.0 Å². The number of carbonyl (C=O) groups is 1. The molecule has 4 aliphatic rings. The summed E-state index contributed by atoms with van der Waals surface area (Å²) >= 11 is 6.82. The van der Waals surface area contributed by atoms with Gasteiger partial charge in [-0.25, -0.2) is 0 Å². The van der Waals surface area contributed by atoms with Gasteiger partial charge in [0, 0.05) is 10.4 Å². The number of carbonyl (C=O) groups excluding carboxylic acids is 1. The molecule has 4 atom stereocenters. The van der Waals surface area contributed by atoms with Gasteiger partial charge in [-0.3, -0.25) is 4.79 Å². The van der Waals surface area contributed by atoms with Gasteiger partial charge in [0.1, 0.15) is 18.1 Å². The molecule has 0 N–H and O–H groups in total. The first kappa shape index (κ1) is 17.0. The average molecular weight is 365 g/mol. The summed E-state index contributed by atoms with van der Waals surface area (Å²) in [6.07, 6.45) is 5.99. The van der Waals surface area contributed by atoms with Crippen LogP contribution < -0.4 is 9.47 Å². The summed E-state index contributed by atoms with van der Waals surface area (Å²) < 4.78 is 16.4. The van der Waals surface area contributed by atoms with E-state index >= 15 is 0 Å². The minimum atomic E-state index is -0.377. The molecule has 4 fully saturated rings. The highest BCUT2D eigenvalue weighted by Gasteiger charge is 2.60. The lowest BCUT2D eigenvalue weighted by atomic mass is 9.49. The van der Waals surface area contributed by atoms with Gasteiger partial charge >= 0.3 is 5.97 Å². The maximum Gasteiger partial charge on any atom is 0.312 e. The second-order valence-corrected chi connectivity index (χ2v) is 8.95. The van der Waals surface area contributed by atoms with E-state index in [0.717, 1.165) is 43.4 Å². The molecule has 0 amide bonds. The molecule has 0 radical (unpaired) electrons. The van der Waals surface area contributed by atoms with Gasteiger partial charge in [0.15, 0.2) is 0 Å². The first-order valence-electron chi connectivity index (χ1n) is 9.02. The van der Waals surface area contributed by atoms with Crippen molar-refractivity contribution in [1.82, 2.24) is 0 Å². The van der Waals surface area contributed by atoms with Crippen molar-refractivity contribution in [2.24, 2.45) is 17.3 Å². The van der Waals surface area contributed by atoms with Crippen molar-refractivity contribution in [2.75, 3.05) is 14.2 Å². The zero-order valence-electron chi connectivity index (χ0n) is 14.8. The Morgan fingerprint density at radius 3 is 2.48 bits per heavy atom. The third-order valence-electron chi connectivity index (χ3n) is 6.27. The second-order valence-electron chi connectivity index (χ2n) is 8.15. The van der Waals surface area contributed by atoms with Crippen molar-refractivity contribution in [3.8, 4) is 11.5 Å². The van der Waals surface area contributed by atoms with Crippen LogP contribution in [0.2, 0.25) is 0 Å². The number of ether oxygens (including phenoxy) is 3. The molecule has 0 spiro atoms. The summed E-state index contributed by atoms with van der Waals surface area (Å²) in [6.45, 7) is 0.200. The van der Waals surface area contributed by atoms with E-state index in [9.17, 15) is 4.79 Å². The first-order chi connectivity index (χ1) is 12.0. The van der Waals surface area contributed by atoms with Crippen molar-refractivity contribution in [1.29, 1.82) is 0 Å². The van der Waals surface area contributed by atoms with Gasteiger partial charge in [-0.2, -0.15) is 0 Å². The molecule has 4 saturated carbocycles. The third kappa shape index (κ3) is 2.99. The fourth-order valence-electron chi connectivity index (χ4n) is 5.68. The molecule has 1 aromatic carbocycles. The normalized spacial score (nSPS) is 35.5. The van der Waals surface area contributed by atoms with E-state index in [1.54, 1.807) is 14.2 Å². The van der Waals surface area contributed by atoms with E-state index in [1.165, 1.54) is 6.42 Å². The molecule has 1 aromatic rings. The van der Waals surface area contributed by atoms with Crippen molar-refractivity contribution < 1.29 is 19.0 Å². The quantitative estimate of drug-likeness (QED) is 0.576. The minimum Gasteiger partial charge on any atom is -0.497 e. The highest BCUT2D eigenvalue weighted by atomic mass is 35.5. The maximum absolute atomic E-state index is 13.0. The monoisotopic (exact) mass is 364 g/mol. The summed E-state index contributed by atoms with van der Waals surface area (Å²) in [6, 6.07) is 5.52. The molecule has 5 rings (SSSR count). The van der Waals surface area contributed by atoms with Gasteiger partial charge < -0.3 is 14.2 Å². The van der Waals surface area contributed by atoms with Crippen LogP contribution in [0.15, 0.2) is 18.2 Å². The van der Waals surface area contributed by atoms with E-state index < -0.39 is 0 Å². The number of halogens is 1. The summed E-state index contributed by atoms with van der Waals surface area (Å²) in [5.74, 6) is 2.50. The van der Waals surface area contributed by atoms with Crippen molar-refractivity contribution in [3.63, 3.8) is 0 Å². The molecule has 4 bridgehead atoms. The van der Waals surface area contributed by atoms with E-state index in [2.05, 4.69) is 0 Å². The summed E-state index contributed by atoms with van der Waals surface area (Å²) in [5.41, 5.74) is 0.443. The Kier molecular flexibility index (Phi) is 4.14. The predicted octanol–water partition coefficient (Wildman–Crippen LogP) is 4.32. The molecular weight excluding hydrogens is 340 g/mol. The number of methoxy groups -OCH3 is 2. The van der Waals surface area contributed by atoms with Gasteiger partial charge in [-0.05, 0) is 68.6 Å². The molecule has 5 heteroatoms. The topological polar surface area (TPSA) is 44.8 Å². The number of hydrogen-bond donors (Lipinski definition) is 0. The van der Waals surface area contributed by atoms with Crippen LogP contribution in [0.1, 0.15) is 44.1 Å². The molecule has 0 aliphatic heterocycles. The van der Waals surface area contributed by atoms with E-state index in [-0.39, 0.29) is 22.9 Å². The van der Waals surface area contributed by atoms with Crippen molar-refractivity contribution >= 4 is 17.6 Å². The van der Waals surface area contributed by atoms with Crippen LogP contribution in [-0.4, -0.2) is 25.1 Å². The molecule has 2 unspecified atom stereocenters. The Hall–Kier alpha value is -1.42. The Balaban J connectivity index is 1.50. The lowest BCUT2D eigenvalue weighted by molar-refractivity contribution is -0.171. The van der Waals surface area contributed by atoms with Crippen LogP contribution in [0.4, 0.5) is 0 Å². The molecule has 136 valence electrons. The lowest BCUT2D eigenvalue weighted by Gasteiger charge is -2.58. The fourth-order valence-corrected chi connectivity index (χ4v) is 6.37. The number of rotatable bonds is 5. The summed E-state index contributed by atoms with van der Waals surface area (Å²) in [7, 11) is 3.23. The third-order valence-corrected chi connectivity index (χ3v) is 6.71. The molecule has 4 nitrogen and oxygen atoms in total. The molecule has 0 saturated heterocycles. The maximum atomic E-state index is 13.0. The van der Waals surface area contributed by atoms with Crippen LogP contribution in [0.5, 0.6) is 11.5 Å². The highest BCUT2D eigenvalue weighted by molar-refractivity contribution is 6.24. The first-order valence-corrected chi connectivity index (χ1v) is 9.40. The van der Waals surface area contributed by atoms with Crippen LogP contribution in [0.3, 0.4) is 0 Å². The zero-order valence-corrected chi connectivity index (χ0v) is 15.6. The fraction of sp³-hybridized carbons (Fsp3) is 0.650. The smallest absolute Gasteiger partial charge is 0.312 e. The summed E-state index contributed by atoms with van der Waals surface area (Å²) in [5, 5.41) is 0. The Morgan fingerprint density at radius 2 is 1.88 bits per heavy atom. The molecule has 4 aliphatic carbocycles.